The predicted octanol–water partition coefficient (Wildman–Crippen LogP) is 2.78. The van der Waals surface area contributed by atoms with Gasteiger partial charge in [0, 0.05) is 29.3 Å². The maximum atomic E-state index is 11.9. The van der Waals surface area contributed by atoms with Gasteiger partial charge >= 0.3 is 0 Å². The minimum Gasteiger partial charge on any atom is -0.446 e. The number of carbonyl (C=O) groups is 1. The van der Waals surface area contributed by atoms with Crippen LogP contribution in [-0.2, 0) is 6.42 Å². The molecule has 1 aromatic carbocycles. The highest BCUT2D eigenvalue weighted by atomic mass is 16.3. The molecule has 0 fully saturated rings. The fourth-order valence-electron chi connectivity index (χ4n) is 2.61. The van der Waals surface area contributed by atoms with E-state index in [0.29, 0.717) is 12.3 Å². The average molecular weight is 264 g/mol. The molecule has 4 nitrogen and oxygen atoms in total. The lowest BCUT2D eigenvalue weighted by Gasteiger charge is -2.17. The van der Waals surface area contributed by atoms with Gasteiger partial charge in [0.1, 0.15) is 0 Å². The van der Waals surface area contributed by atoms with E-state index in [4.69, 9.17) is 4.42 Å². The molecule has 0 atom stereocenters. The van der Waals surface area contributed by atoms with Crippen molar-refractivity contribution < 1.29 is 9.21 Å². The summed E-state index contributed by atoms with van der Waals surface area (Å²) in [4.78, 5) is 16.2. The normalized spacial score (nSPS) is 14.1. The summed E-state index contributed by atoms with van der Waals surface area (Å²) in [6.45, 7) is 0.716. The summed E-state index contributed by atoms with van der Waals surface area (Å²) in [6, 6.07) is 9.92. The first kappa shape index (κ1) is 11.2. The molecule has 1 aliphatic heterocycles. The first-order valence-corrected chi connectivity index (χ1v) is 6.56. The van der Waals surface area contributed by atoms with Gasteiger partial charge in [-0.1, -0.05) is 12.1 Å². The monoisotopic (exact) mass is 264 g/mol. The van der Waals surface area contributed by atoms with Gasteiger partial charge in [-0.2, -0.15) is 0 Å². The van der Waals surface area contributed by atoms with Crippen molar-refractivity contribution in [3.05, 3.63) is 53.9 Å². The number of nitrogens with one attached hydrogen (secondary N) is 1. The number of benzene rings is 1. The number of amides is 1. The van der Waals surface area contributed by atoms with E-state index >= 15 is 0 Å². The van der Waals surface area contributed by atoms with E-state index in [2.05, 4.69) is 10.3 Å². The largest absolute Gasteiger partial charge is 0.446 e. The molecule has 1 aliphatic rings. The number of hydrogen-bond acceptors (Lipinski definition) is 3. The zero-order valence-corrected chi connectivity index (χ0v) is 10.7. The highest BCUT2D eigenvalue weighted by Crippen LogP contribution is 2.26. The highest BCUT2D eigenvalue weighted by Gasteiger charge is 2.17. The number of fused-ring (bicyclic) bond motifs is 2. The van der Waals surface area contributed by atoms with Crippen LogP contribution in [0.1, 0.15) is 15.9 Å². The molecule has 0 bridgehead atoms. The molecule has 4 rings (SSSR count). The molecule has 98 valence electrons. The van der Waals surface area contributed by atoms with Gasteiger partial charge < -0.3 is 9.73 Å². The molecule has 0 aliphatic carbocycles. The second-order valence-electron chi connectivity index (χ2n) is 4.92. The van der Waals surface area contributed by atoms with Gasteiger partial charge in [-0.3, -0.25) is 4.79 Å². The van der Waals surface area contributed by atoms with E-state index in [-0.39, 0.29) is 5.91 Å². The summed E-state index contributed by atoms with van der Waals surface area (Å²) in [5, 5.41) is 3.84. The number of aromatic nitrogens is 1. The first-order chi connectivity index (χ1) is 9.81. The van der Waals surface area contributed by atoms with Gasteiger partial charge in [-0.15, -0.1) is 0 Å². The van der Waals surface area contributed by atoms with Gasteiger partial charge in [-0.25, -0.2) is 4.98 Å². The van der Waals surface area contributed by atoms with Gasteiger partial charge in [0.05, 0.1) is 6.26 Å². The minimum atomic E-state index is 0.00504. The summed E-state index contributed by atoms with van der Waals surface area (Å²) in [6.07, 6.45) is 4.29. The summed E-state index contributed by atoms with van der Waals surface area (Å²) in [5.74, 6) is 0.00504. The molecule has 0 unspecified atom stereocenters. The molecule has 20 heavy (non-hydrogen) atoms. The van der Waals surface area contributed by atoms with Crippen molar-refractivity contribution in [2.24, 2.45) is 0 Å². The zero-order chi connectivity index (χ0) is 13.5. The number of furan rings is 1. The van der Waals surface area contributed by atoms with Gasteiger partial charge in [0.15, 0.2) is 0 Å². The molecule has 0 spiro atoms. The van der Waals surface area contributed by atoms with E-state index in [1.807, 2.05) is 30.3 Å². The third-order valence-electron chi connectivity index (χ3n) is 3.67. The Morgan fingerprint density at radius 1 is 1.15 bits per heavy atom. The van der Waals surface area contributed by atoms with E-state index in [1.54, 1.807) is 12.5 Å². The average Bonchev–Trinajstić information content (AvgIpc) is 2.95. The molecule has 0 radical (unpaired) electrons. The Morgan fingerprint density at radius 2 is 2.10 bits per heavy atom. The molecule has 1 N–H and O–H groups in total. The van der Waals surface area contributed by atoms with Gasteiger partial charge in [0.2, 0.25) is 5.71 Å². The Morgan fingerprint density at radius 3 is 3.05 bits per heavy atom. The van der Waals surface area contributed by atoms with Crippen LogP contribution in [0.25, 0.3) is 22.2 Å². The molecular formula is C16H12N2O2. The Labute approximate surface area is 115 Å². The number of pyridine rings is 1. The van der Waals surface area contributed by atoms with Gasteiger partial charge in [-0.05, 0) is 35.7 Å². The Balaban J connectivity index is 1.85. The fourth-order valence-corrected chi connectivity index (χ4v) is 2.61. The third kappa shape index (κ3) is 1.69. The Hall–Kier alpha value is -2.62. The van der Waals surface area contributed by atoms with Gasteiger partial charge in [0.25, 0.3) is 5.91 Å². The molecular weight excluding hydrogens is 252 g/mol. The second kappa shape index (κ2) is 4.20. The van der Waals surface area contributed by atoms with Crippen LogP contribution in [0.3, 0.4) is 0 Å². The lowest BCUT2D eigenvalue weighted by atomic mass is 9.95. The van der Waals surface area contributed by atoms with Crippen LogP contribution in [-0.4, -0.2) is 17.4 Å². The standard InChI is InChI=1S/C16H12N2O2/c19-15-14-8-11(2-1-10(14)3-5-17-15)13-7-12-4-6-20-16(12)18-9-13/h1-2,4,6-9H,3,5H2,(H,17,19). The predicted molar refractivity (Wildman–Crippen MR) is 75.5 cm³/mol. The molecule has 4 heteroatoms. The van der Waals surface area contributed by atoms with E-state index in [1.165, 1.54) is 0 Å². The van der Waals surface area contributed by atoms with Crippen molar-refractivity contribution in [2.45, 2.75) is 6.42 Å². The maximum absolute atomic E-state index is 11.9. The quantitative estimate of drug-likeness (QED) is 0.735. The van der Waals surface area contributed by atoms with Crippen molar-refractivity contribution in [1.82, 2.24) is 10.3 Å². The van der Waals surface area contributed by atoms with Crippen LogP contribution in [0, 0.1) is 0 Å². The van der Waals surface area contributed by atoms with Crippen LogP contribution < -0.4 is 5.32 Å². The highest BCUT2D eigenvalue weighted by molar-refractivity contribution is 5.98. The number of carbonyl (C=O) groups excluding carboxylic acids is 1. The SMILES string of the molecule is O=C1NCCc2ccc(-c3cnc4occc4c3)cc21. The second-order valence-corrected chi connectivity index (χ2v) is 4.92. The third-order valence-corrected chi connectivity index (χ3v) is 3.67. The van der Waals surface area contributed by atoms with Crippen molar-refractivity contribution >= 4 is 17.0 Å². The topological polar surface area (TPSA) is 55.1 Å². The molecule has 0 saturated heterocycles. The lowest BCUT2D eigenvalue weighted by Crippen LogP contribution is -2.31. The Bertz CT molecular complexity index is 820. The van der Waals surface area contributed by atoms with Crippen LogP contribution in [0.2, 0.25) is 0 Å². The van der Waals surface area contributed by atoms with Crippen LogP contribution in [0.5, 0.6) is 0 Å². The van der Waals surface area contributed by atoms with Crippen LogP contribution in [0.4, 0.5) is 0 Å². The van der Waals surface area contributed by atoms with Crippen LogP contribution >= 0.6 is 0 Å². The van der Waals surface area contributed by atoms with Crippen molar-refractivity contribution in [3.8, 4) is 11.1 Å². The summed E-state index contributed by atoms with van der Waals surface area (Å²) >= 11 is 0. The first-order valence-electron chi connectivity index (χ1n) is 6.56. The van der Waals surface area contributed by atoms with Crippen molar-refractivity contribution in [1.29, 1.82) is 0 Å². The molecule has 0 saturated carbocycles. The summed E-state index contributed by atoms with van der Waals surface area (Å²) in [5.41, 5.74) is 4.48. The van der Waals surface area contributed by atoms with Crippen molar-refractivity contribution in [2.75, 3.05) is 6.54 Å². The molecule has 3 aromatic rings. The summed E-state index contributed by atoms with van der Waals surface area (Å²) in [7, 11) is 0. The molecule has 3 heterocycles. The van der Waals surface area contributed by atoms with E-state index < -0.39 is 0 Å². The number of rotatable bonds is 1. The minimum absolute atomic E-state index is 0.00504. The Kier molecular flexibility index (Phi) is 2.36. The van der Waals surface area contributed by atoms with Crippen LogP contribution in [0.15, 0.2) is 47.2 Å². The number of hydrogen-bond donors (Lipinski definition) is 1. The van der Waals surface area contributed by atoms with E-state index in [0.717, 1.165) is 34.1 Å². The number of nitrogens with zero attached hydrogens (tertiary/aromatic N) is 1. The smallest absolute Gasteiger partial charge is 0.251 e. The zero-order valence-electron chi connectivity index (χ0n) is 10.7. The maximum Gasteiger partial charge on any atom is 0.251 e. The summed E-state index contributed by atoms with van der Waals surface area (Å²) < 4.78 is 5.24. The van der Waals surface area contributed by atoms with Crippen molar-refractivity contribution in [3.63, 3.8) is 0 Å². The molecule has 1 amide bonds. The fraction of sp³-hybridized carbons (Fsp3) is 0.125. The van der Waals surface area contributed by atoms with E-state index in [9.17, 15) is 4.79 Å². The molecule has 2 aromatic heterocycles. The lowest BCUT2D eigenvalue weighted by molar-refractivity contribution is 0.0946.